The van der Waals surface area contributed by atoms with Crippen molar-refractivity contribution in [2.75, 3.05) is 23.4 Å². The van der Waals surface area contributed by atoms with Crippen molar-refractivity contribution in [3.8, 4) is 11.4 Å². The van der Waals surface area contributed by atoms with Crippen LogP contribution < -0.4 is 16.4 Å². The lowest BCUT2D eigenvalue weighted by molar-refractivity contribution is -0.137. The van der Waals surface area contributed by atoms with Gasteiger partial charge in [-0.1, -0.05) is 32.1 Å². The molecule has 0 fully saturated rings. The number of nitrogens with one attached hydrogen (secondary N) is 3. The van der Waals surface area contributed by atoms with Gasteiger partial charge >= 0.3 is 6.18 Å². The van der Waals surface area contributed by atoms with Gasteiger partial charge in [-0.25, -0.2) is 9.97 Å². The van der Waals surface area contributed by atoms with E-state index in [0.29, 0.717) is 45.6 Å². The Morgan fingerprint density at radius 3 is 2.38 bits per heavy atom. The number of rotatable bonds is 8. The molecule has 0 atom stereocenters. The second kappa shape index (κ2) is 9.39. The summed E-state index contributed by atoms with van der Waals surface area (Å²) in [5.41, 5.74) is 7.18. The highest BCUT2D eigenvalue weighted by Crippen LogP contribution is 2.34. The number of thiophene rings is 1. The Kier molecular flexibility index (Phi) is 6.83. The van der Waals surface area contributed by atoms with E-state index in [-0.39, 0.29) is 5.82 Å². The zero-order valence-corrected chi connectivity index (χ0v) is 18.4. The van der Waals surface area contributed by atoms with E-state index in [0.717, 1.165) is 23.4 Å². The molecule has 10 heteroatoms. The molecule has 3 rings (SSSR count). The van der Waals surface area contributed by atoms with Gasteiger partial charge < -0.3 is 21.8 Å². The molecule has 0 amide bonds. The van der Waals surface area contributed by atoms with Gasteiger partial charge in [-0.15, -0.1) is 11.3 Å². The fraction of sp³-hybridized carbons (Fsp3) is 0.227. The number of hydrogen-bond donors (Lipinski definition) is 4. The molecular weight excluding hydrogens is 437 g/mol. The molecule has 0 aliphatic carbocycles. The third-order valence-corrected chi connectivity index (χ3v) is 5.58. The Hall–Kier alpha value is -3.40. The lowest BCUT2D eigenvalue weighted by Crippen LogP contribution is -2.13. The quantitative estimate of drug-likeness (QED) is 0.305. The van der Waals surface area contributed by atoms with Crippen molar-refractivity contribution in [1.29, 1.82) is 5.41 Å². The van der Waals surface area contributed by atoms with Crippen molar-refractivity contribution in [3.05, 3.63) is 59.1 Å². The minimum Gasteiger partial charge on any atom is -0.391 e. The number of alkyl halides is 3. The summed E-state index contributed by atoms with van der Waals surface area (Å²) in [5.74, 6) is 0.569. The zero-order chi connectivity index (χ0) is 23.5. The van der Waals surface area contributed by atoms with Crippen molar-refractivity contribution < 1.29 is 13.2 Å². The summed E-state index contributed by atoms with van der Waals surface area (Å²) in [6, 6.07) is 8.21. The molecule has 2 aromatic heterocycles. The first-order valence-corrected chi connectivity index (χ1v) is 10.6. The number of halogens is 3. The van der Waals surface area contributed by atoms with Crippen LogP contribution in [0, 0.1) is 5.41 Å². The highest BCUT2D eigenvalue weighted by Gasteiger charge is 2.30. The normalized spacial score (nSPS) is 11.3. The monoisotopic (exact) mass is 460 g/mol. The molecule has 0 radical (unpaired) electrons. The fourth-order valence-corrected chi connectivity index (χ4v) is 3.73. The van der Waals surface area contributed by atoms with Crippen LogP contribution in [0.4, 0.5) is 29.7 Å². The molecule has 0 saturated carbocycles. The largest absolute Gasteiger partial charge is 0.416 e. The maximum Gasteiger partial charge on any atom is 0.416 e. The first-order chi connectivity index (χ1) is 15.1. The van der Waals surface area contributed by atoms with Crippen LogP contribution in [0.15, 0.2) is 43.0 Å². The summed E-state index contributed by atoms with van der Waals surface area (Å²) in [7, 11) is 1.69. The molecule has 32 heavy (non-hydrogen) atoms. The summed E-state index contributed by atoms with van der Waals surface area (Å²) in [4.78, 5) is 9.84. The van der Waals surface area contributed by atoms with Crippen LogP contribution in [0.2, 0.25) is 0 Å². The lowest BCUT2D eigenvalue weighted by Gasteiger charge is -2.17. The summed E-state index contributed by atoms with van der Waals surface area (Å²) >= 11 is 1.35. The van der Waals surface area contributed by atoms with E-state index in [1.54, 1.807) is 13.1 Å². The number of nitrogen functional groups attached to an aromatic ring is 1. The Morgan fingerprint density at radius 1 is 1.16 bits per heavy atom. The predicted molar refractivity (Wildman–Crippen MR) is 125 cm³/mol. The zero-order valence-electron chi connectivity index (χ0n) is 17.6. The molecule has 6 nitrogen and oxygen atoms in total. The first-order valence-electron chi connectivity index (χ1n) is 9.80. The highest BCUT2D eigenvalue weighted by atomic mass is 32.1. The van der Waals surface area contributed by atoms with Gasteiger partial charge in [-0.05, 0) is 30.7 Å². The van der Waals surface area contributed by atoms with E-state index in [9.17, 15) is 13.2 Å². The van der Waals surface area contributed by atoms with Crippen LogP contribution in [-0.2, 0) is 6.18 Å². The number of aromatic nitrogens is 2. The average molecular weight is 461 g/mol. The molecule has 0 aliphatic rings. The molecule has 0 bridgehead atoms. The maximum absolute atomic E-state index is 13.0. The van der Waals surface area contributed by atoms with E-state index in [1.807, 2.05) is 13.0 Å². The SMILES string of the molecule is C=C(Nc1nc(-c2ccc(C(F)(F)F)cc2)nc(C(=N)CCC)c1NC)c1ccc(N)s1. The van der Waals surface area contributed by atoms with Gasteiger partial charge in [0, 0.05) is 18.3 Å². The van der Waals surface area contributed by atoms with E-state index in [4.69, 9.17) is 11.1 Å². The number of anilines is 3. The number of nitrogens with zero attached hydrogens (tertiary/aromatic N) is 2. The van der Waals surface area contributed by atoms with E-state index in [2.05, 4.69) is 27.2 Å². The molecule has 0 spiro atoms. The van der Waals surface area contributed by atoms with Crippen molar-refractivity contribution in [1.82, 2.24) is 9.97 Å². The average Bonchev–Trinajstić information content (AvgIpc) is 3.19. The molecule has 168 valence electrons. The molecule has 2 heterocycles. The van der Waals surface area contributed by atoms with Crippen molar-refractivity contribution in [3.63, 3.8) is 0 Å². The minimum absolute atomic E-state index is 0.203. The summed E-state index contributed by atoms with van der Waals surface area (Å²) in [5, 5.41) is 15.3. The van der Waals surface area contributed by atoms with Gasteiger partial charge in [0.25, 0.3) is 0 Å². The summed E-state index contributed by atoms with van der Waals surface area (Å²) in [6.45, 7) is 5.99. The fourth-order valence-electron chi connectivity index (χ4n) is 3.03. The Morgan fingerprint density at radius 2 is 1.84 bits per heavy atom. The topological polar surface area (TPSA) is 99.7 Å². The van der Waals surface area contributed by atoms with Crippen LogP contribution in [0.25, 0.3) is 17.1 Å². The molecule has 1 aromatic carbocycles. The van der Waals surface area contributed by atoms with E-state index >= 15 is 0 Å². The maximum atomic E-state index is 13.0. The standard InChI is InChI=1S/C22H23F3N6S/c1-4-5-15(26)18-19(28-3)21(29-12(2)16-10-11-17(27)32-16)31-20(30-18)13-6-8-14(9-7-13)22(23,24)25/h6-11,26,28H,2,4-5,27H2,1,3H3,(H,29,30,31). The van der Waals surface area contributed by atoms with Crippen molar-refractivity contribution in [2.45, 2.75) is 25.9 Å². The third-order valence-electron chi connectivity index (χ3n) is 4.61. The van der Waals surface area contributed by atoms with Gasteiger partial charge in [-0.3, -0.25) is 0 Å². The van der Waals surface area contributed by atoms with E-state index < -0.39 is 11.7 Å². The van der Waals surface area contributed by atoms with Crippen LogP contribution in [0.5, 0.6) is 0 Å². The number of nitrogens with two attached hydrogens (primary N) is 1. The molecule has 0 saturated heterocycles. The summed E-state index contributed by atoms with van der Waals surface area (Å²) < 4.78 is 38.9. The lowest BCUT2D eigenvalue weighted by atomic mass is 10.1. The molecule has 0 unspecified atom stereocenters. The highest BCUT2D eigenvalue weighted by molar-refractivity contribution is 7.16. The van der Waals surface area contributed by atoms with Crippen LogP contribution in [-0.4, -0.2) is 22.7 Å². The van der Waals surface area contributed by atoms with Gasteiger partial charge in [0.2, 0.25) is 0 Å². The van der Waals surface area contributed by atoms with Crippen molar-refractivity contribution in [2.24, 2.45) is 0 Å². The number of hydrogen-bond acceptors (Lipinski definition) is 7. The molecular formula is C22H23F3N6S. The van der Waals surface area contributed by atoms with Crippen LogP contribution in [0.1, 0.15) is 35.9 Å². The smallest absolute Gasteiger partial charge is 0.391 e. The first kappa shape index (κ1) is 23.3. The third kappa shape index (κ3) is 5.08. The summed E-state index contributed by atoms with van der Waals surface area (Å²) in [6.07, 6.45) is -3.21. The second-order valence-electron chi connectivity index (χ2n) is 6.98. The molecule has 0 aliphatic heterocycles. The Labute approximate surface area is 187 Å². The van der Waals surface area contributed by atoms with Gasteiger partial charge in [0.05, 0.1) is 21.2 Å². The second-order valence-corrected chi connectivity index (χ2v) is 8.09. The van der Waals surface area contributed by atoms with Gasteiger partial charge in [0.1, 0.15) is 11.4 Å². The minimum atomic E-state index is -4.43. The number of benzene rings is 1. The molecule has 3 aromatic rings. The van der Waals surface area contributed by atoms with Crippen molar-refractivity contribution >= 4 is 39.3 Å². The van der Waals surface area contributed by atoms with Crippen LogP contribution in [0.3, 0.4) is 0 Å². The van der Waals surface area contributed by atoms with Gasteiger partial charge in [0.15, 0.2) is 11.6 Å². The molecule has 5 N–H and O–H groups in total. The Bertz CT molecular complexity index is 1140. The van der Waals surface area contributed by atoms with E-state index in [1.165, 1.54) is 23.5 Å². The Balaban J connectivity index is 2.09. The van der Waals surface area contributed by atoms with Crippen LogP contribution >= 0.6 is 11.3 Å². The predicted octanol–water partition coefficient (Wildman–Crippen LogP) is 6.10. The van der Waals surface area contributed by atoms with Gasteiger partial charge in [-0.2, -0.15) is 13.2 Å².